The first-order chi connectivity index (χ1) is 9.00. The SMILES string of the molecule is O=C(Oc1c(Cl)cc(Cl)c(Cl)c1Cl)c1ccccc1. The second-order valence-corrected chi connectivity index (χ2v) is 5.12. The largest absolute Gasteiger partial charge is 0.420 e. The van der Waals surface area contributed by atoms with Gasteiger partial charge in [0.25, 0.3) is 0 Å². The Morgan fingerprint density at radius 2 is 1.53 bits per heavy atom. The Kier molecular flexibility index (Phi) is 4.58. The van der Waals surface area contributed by atoms with E-state index in [0.717, 1.165) is 0 Å². The molecule has 0 bridgehead atoms. The molecule has 0 fully saturated rings. The van der Waals surface area contributed by atoms with Crippen LogP contribution in [0.15, 0.2) is 36.4 Å². The molecule has 0 atom stereocenters. The van der Waals surface area contributed by atoms with E-state index in [1.54, 1.807) is 30.3 Å². The molecule has 0 saturated carbocycles. The second-order valence-electron chi connectivity index (χ2n) is 3.55. The molecule has 2 nitrogen and oxygen atoms in total. The number of carbonyl (C=O) groups excluding carboxylic acids is 1. The molecule has 0 aromatic heterocycles. The molecule has 0 aliphatic rings. The van der Waals surface area contributed by atoms with Crippen molar-refractivity contribution >= 4 is 52.4 Å². The van der Waals surface area contributed by atoms with Crippen LogP contribution >= 0.6 is 46.4 Å². The Balaban J connectivity index is 2.35. The molecule has 0 amide bonds. The van der Waals surface area contributed by atoms with Crippen molar-refractivity contribution < 1.29 is 9.53 Å². The highest BCUT2D eigenvalue weighted by atomic mass is 35.5. The summed E-state index contributed by atoms with van der Waals surface area (Å²) in [6, 6.07) is 9.81. The van der Waals surface area contributed by atoms with Gasteiger partial charge in [0, 0.05) is 0 Å². The van der Waals surface area contributed by atoms with Gasteiger partial charge in [-0.1, -0.05) is 64.6 Å². The van der Waals surface area contributed by atoms with Gasteiger partial charge < -0.3 is 4.74 Å². The number of esters is 1. The minimum Gasteiger partial charge on any atom is -0.420 e. The first-order valence-electron chi connectivity index (χ1n) is 5.11. The van der Waals surface area contributed by atoms with Crippen LogP contribution in [0.1, 0.15) is 10.4 Å². The van der Waals surface area contributed by atoms with E-state index in [9.17, 15) is 4.79 Å². The van der Waals surface area contributed by atoms with Crippen LogP contribution in [0.25, 0.3) is 0 Å². The highest BCUT2D eigenvalue weighted by Gasteiger charge is 2.18. The minimum absolute atomic E-state index is 0.00319. The van der Waals surface area contributed by atoms with Gasteiger partial charge in [-0.2, -0.15) is 0 Å². The van der Waals surface area contributed by atoms with E-state index in [1.807, 2.05) is 0 Å². The van der Waals surface area contributed by atoms with Gasteiger partial charge in [-0.05, 0) is 18.2 Å². The maximum Gasteiger partial charge on any atom is 0.343 e. The molecule has 98 valence electrons. The van der Waals surface area contributed by atoms with Crippen LogP contribution in [0.4, 0.5) is 0 Å². The predicted octanol–water partition coefficient (Wildman–Crippen LogP) is 5.52. The van der Waals surface area contributed by atoms with Gasteiger partial charge in [0.2, 0.25) is 0 Å². The zero-order valence-corrected chi connectivity index (χ0v) is 12.3. The molecular formula is C13H6Cl4O2. The van der Waals surface area contributed by atoms with Gasteiger partial charge in [0.15, 0.2) is 5.75 Å². The van der Waals surface area contributed by atoms with Crippen molar-refractivity contribution in [1.29, 1.82) is 0 Å². The molecule has 2 aromatic carbocycles. The molecule has 0 unspecified atom stereocenters. The second kappa shape index (κ2) is 6.02. The number of rotatable bonds is 2. The average Bonchev–Trinajstić information content (AvgIpc) is 2.42. The van der Waals surface area contributed by atoms with E-state index in [-0.39, 0.29) is 25.8 Å². The highest BCUT2D eigenvalue weighted by molar-refractivity contribution is 6.50. The summed E-state index contributed by atoms with van der Waals surface area (Å²) >= 11 is 23.6. The topological polar surface area (TPSA) is 26.3 Å². The molecule has 0 aliphatic carbocycles. The van der Waals surface area contributed by atoms with Crippen molar-refractivity contribution in [2.45, 2.75) is 0 Å². The predicted molar refractivity (Wildman–Crippen MR) is 77.9 cm³/mol. The van der Waals surface area contributed by atoms with Gasteiger partial charge in [0.05, 0.1) is 20.6 Å². The Morgan fingerprint density at radius 1 is 0.895 bits per heavy atom. The average molecular weight is 336 g/mol. The molecule has 0 heterocycles. The van der Waals surface area contributed by atoms with Gasteiger partial charge in [0.1, 0.15) is 5.02 Å². The summed E-state index contributed by atoms with van der Waals surface area (Å²) in [6.45, 7) is 0. The molecule has 0 spiro atoms. The van der Waals surface area contributed by atoms with E-state index < -0.39 is 5.97 Å². The number of ether oxygens (including phenoxy) is 1. The van der Waals surface area contributed by atoms with Crippen LogP contribution in [-0.2, 0) is 0 Å². The van der Waals surface area contributed by atoms with Crippen LogP contribution < -0.4 is 4.74 Å². The van der Waals surface area contributed by atoms with Crippen LogP contribution in [0, 0.1) is 0 Å². The number of hydrogen-bond donors (Lipinski definition) is 0. The fourth-order valence-corrected chi connectivity index (χ4v) is 2.35. The molecule has 19 heavy (non-hydrogen) atoms. The third-order valence-electron chi connectivity index (χ3n) is 2.28. The van der Waals surface area contributed by atoms with Crippen LogP contribution in [-0.4, -0.2) is 5.97 Å². The maximum atomic E-state index is 11.9. The molecule has 0 saturated heterocycles. The van der Waals surface area contributed by atoms with Crippen LogP contribution in [0.3, 0.4) is 0 Å². The van der Waals surface area contributed by atoms with Crippen LogP contribution in [0.5, 0.6) is 5.75 Å². The molecule has 6 heteroatoms. The quantitative estimate of drug-likeness (QED) is 0.312. The Hall–Kier alpha value is -0.930. The number of halogens is 4. The van der Waals surface area contributed by atoms with Crippen molar-refractivity contribution in [3.8, 4) is 5.75 Å². The number of benzene rings is 2. The fourth-order valence-electron chi connectivity index (χ4n) is 1.37. The first-order valence-corrected chi connectivity index (χ1v) is 6.62. The Morgan fingerprint density at radius 3 is 2.16 bits per heavy atom. The fraction of sp³-hybridized carbons (Fsp3) is 0. The summed E-state index contributed by atoms with van der Waals surface area (Å²) in [5.41, 5.74) is 0.376. The lowest BCUT2D eigenvalue weighted by Gasteiger charge is -2.10. The van der Waals surface area contributed by atoms with Crippen molar-refractivity contribution in [3.63, 3.8) is 0 Å². The Labute approximate surface area is 129 Å². The van der Waals surface area contributed by atoms with Crippen LogP contribution in [0.2, 0.25) is 20.1 Å². The van der Waals surface area contributed by atoms with Gasteiger partial charge in [-0.3, -0.25) is 0 Å². The summed E-state index contributed by atoms with van der Waals surface area (Å²) in [6.07, 6.45) is 0. The molecule has 0 N–H and O–H groups in total. The smallest absolute Gasteiger partial charge is 0.343 e. The first kappa shape index (κ1) is 14.5. The highest BCUT2D eigenvalue weighted by Crippen LogP contribution is 2.42. The zero-order valence-electron chi connectivity index (χ0n) is 9.29. The third kappa shape index (κ3) is 3.15. The zero-order chi connectivity index (χ0) is 14.0. The molecular weight excluding hydrogens is 330 g/mol. The summed E-state index contributed by atoms with van der Waals surface area (Å²) in [4.78, 5) is 11.9. The summed E-state index contributed by atoms with van der Waals surface area (Å²) in [5.74, 6) is -0.589. The summed E-state index contributed by atoms with van der Waals surface area (Å²) in [5, 5.41) is 0.395. The third-order valence-corrected chi connectivity index (χ3v) is 3.80. The summed E-state index contributed by atoms with van der Waals surface area (Å²) in [7, 11) is 0. The lowest BCUT2D eigenvalue weighted by atomic mass is 10.2. The van der Waals surface area contributed by atoms with E-state index in [2.05, 4.69) is 0 Å². The molecule has 2 rings (SSSR count). The molecule has 0 radical (unpaired) electrons. The number of hydrogen-bond acceptors (Lipinski definition) is 2. The van der Waals surface area contributed by atoms with Gasteiger partial charge in [-0.25, -0.2) is 4.79 Å². The standard InChI is InChI=1S/C13H6Cl4O2/c14-8-6-9(15)12(11(17)10(8)16)19-13(18)7-4-2-1-3-5-7/h1-6H. The van der Waals surface area contributed by atoms with Crippen molar-refractivity contribution in [2.75, 3.05) is 0 Å². The van der Waals surface area contributed by atoms with E-state index in [1.165, 1.54) is 6.07 Å². The normalized spacial score (nSPS) is 10.3. The number of carbonyl (C=O) groups is 1. The minimum atomic E-state index is -0.581. The van der Waals surface area contributed by atoms with E-state index in [4.69, 9.17) is 51.1 Å². The molecule has 0 aliphatic heterocycles. The lowest BCUT2D eigenvalue weighted by molar-refractivity contribution is 0.0735. The summed E-state index contributed by atoms with van der Waals surface area (Å²) < 4.78 is 5.15. The Bertz CT molecular complexity index is 626. The van der Waals surface area contributed by atoms with Crippen molar-refractivity contribution in [3.05, 3.63) is 62.1 Å². The van der Waals surface area contributed by atoms with Gasteiger partial charge >= 0.3 is 5.97 Å². The van der Waals surface area contributed by atoms with Gasteiger partial charge in [-0.15, -0.1) is 0 Å². The monoisotopic (exact) mass is 334 g/mol. The molecule has 2 aromatic rings. The van der Waals surface area contributed by atoms with E-state index in [0.29, 0.717) is 5.56 Å². The maximum absolute atomic E-state index is 11.9. The van der Waals surface area contributed by atoms with Crippen molar-refractivity contribution in [1.82, 2.24) is 0 Å². The lowest BCUT2D eigenvalue weighted by Crippen LogP contribution is -2.09. The van der Waals surface area contributed by atoms with E-state index >= 15 is 0 Å². The van der Waals surface area contributed by atoms with Crippen molar-refractivity contribution in [2.24, 2.45) is 0 Å².